The van der Waals surface area contributed by atoms with Crippen LogP contribution in [-0.4, -0.2) is 31.1 Å². The summed E-state index contributed by atoms with van der Waals surface area (Å²) < 4.78 is 43.9. The lowest BCUT2D eigenvalue weighted by Crippen LogP contribution is -2.54. The summed E-state index contributed by atoms with van der Waals surface area (Å²) in [6.45, 7) is 0. The van der Waals surface area contributed by atoms with Crippen molar-refractivity contribution in [2.24, 2.45) is 5.92 Å². The molecular weight excluding hydrogens is 417 g/mol. The van der Waals surface area contributed by atoms with Crippen LogP contribution in [-0.2, 0) is 9.59 Å². The highest BCUT2D eigenvalue weighted by molar-refractivity contribution is 7.99. The number of amides is 2. The van der Waals surface area contributed by atoms with Crippen LogP contribution >= 0.6 is 11.8 Å². The van der Waals surface area contributed by atoms with Crippen molar-refractivity contribution in [1.29, 1.82) is 0 Å². The molecule has 2 aliphatic heterocycles. The SMILES string of the molecule is COc1ccc2c(c1)Sc1ccccc1C2NC(=O)C1CCC(C(F)(F)F)NC1=O. The molecule has 30 heavy (non-hydrogen) atoms. The number of rotatable bonds is 3. The normalized spacial score (nSPS) is 23.1. The predicted octanol–water partition coefficient (Wildman–Crippen LogP) is 3.82. The van der Waals surface area contributed by atoms with Gasteiger partial charge in [-0.2, -0.15) is 13.2 Å². The molecule has 5 nitrogen and oxygen atoms in total. The minimum Gasteiger partial charge on any atom is -0.497 e. The van der Waals surface area contributed by atoms with Crippen molar-refractivity contribution in [2.75, 3.05) is 7.11 Å². The third-order valence-electron chi connectivity index (χ3n) is 5.36. The second kappa shape index (κ2) is 7.86. The molecule has 1 saturated heterocycles. The van der Waals surface area contributed by atoms with Gasteiger partial charge in [0.25, 0.3) is 0 Å². The molecule has 158 valence electrons. The van der Waals surface area contributed by atoms with Crippen molar-refractivity contribution >= 4 is 23.6 Å². The first kappa shape index (κ1) is 20.6. The summed E-state index contributed by atoms with van der Waals surface area (Å²) in [5.74, 6) is -1.96. The van der Waals surface area contributed by atoms with E-state index >= 15 is 0 Å². The van der Waals surface area contributed by atoms with E-state index in [0.717, 1.165) is 20.9 Å². The van der Waals surface area contributed by atoms with Crippen molar-refractivity contribution in [2.45, 2.75) is 40.9 Å². The molecule has 4 rings (SSSR count). The molecule has 0 radical (unpaired) electrons. The van der Waals surface area contributed by atoms with Gasteiger partial charge in [0.15, 0.2) is 0 Å². The van der Waals surface area contributed by atoms with Gasteiger partial charge in [0, 0.05) is 9.79 Å². The third kappa shape index (κ3) is 3.86. The molecule has 0 aromatic heterocycles. The van der Waals surface area contributed by atoms with E-state index in [1.165, 1.54) is 0 Å². The van der Waals surface area contributed by atoms with Gasteiger partial charge in [-0.3, -0.25) is 9.59 Å². The highest BCUT2D eigenvalue weighted by Gasteiger charge is 2.46. The Labute approximate surface area is 175 Å². The van der Waals surface area contributed by atoms with Crippen molar-refractivity contribution in [3.05, 3.63) is 53.6 Å². The van der Waals surface area contributed by atoms with Crippen LogP contribution in [0.1, 0.15) is 30.0 Å². The van der Waals surface area contributed by atoms with E-state index in [9.17, 15) is 22.8 Å². The molecule has 0 aliphatic carbocycles. The van der Waals surface area contributed by atoms with Crippen LogP contribution in [0.4, 0.5) is 13.2 Å². The number of halogens is 3. The Bertz CT molecular complexity index is 996. The number of benzene rings is 2. The number of ether oxygens (including phenoxy) is 1. The second-order valence-corrected chi connectivity index (χ2v) is 8.30. The van der Waals surface area contributed by atoms with E-state index in [1.807, 2.05) is 41.7 Å². The predicted molar refractivity (Wildman–Crippen MR) is 104 cm³/mol. The van der Waals surface area contributed by atoms with Gasteiger partial charge in [-0.25, -0.2) is 0 Å². The first-order chi connectivity index (χ1) is 14.3. The summed E-state index contributed by atoms with van der Waals surface area (Å²) in [6, 6.07) is 10.7. The molecule has 1 fully saturated rings. The standard InChI is InChI=1S/C21H19F3N2O3S/c1-29-11-6-7-13-16(10-11)30-15-5-3-2-4-12(15)18(13)26-20(28)14-8-9-17(21(22,23)24)25-19(14)27/h2-7,10,14,17-18H,8-9H2,1H3,(H,25,27)(H,26,28). The van der Waals surface area contributed by atoms with E-state index in [0.29, 0.717) is 5.75 Å². The topological polar surface area (TPSA) is 67.4 Å². The average Bonchev–Trinajstić information content (AvgIpc) is 2.72. The molecule has 3 unspecified atom stereocenters. The third-order valence-corrected chi connectivity index (χ3v) is 6.52. The molecule has 2 aromatic rings. The van der Waals surface area contributed by atoms with Crippen LogP contribution in [0.5, 0.6) is 5.75 Å². The summed E-state index contributed by atoms with van der Waals surface area (Å²) >= 11 is 1.55. The number of hydrogen-bond acceptors (Lipinski definition) is 4. The fourth-order valence-electron chi connectivity index (χ4n) is 3.77. The maximum absolute atomic E-state index is 12.9. The van der Waals surface area contributed by atoms with Gasteiger partial charge < -0.3 is 15.4 Å². The molecule has 2 N–H and O–H groups in total. The molecular formula is C21H19F3N2O3S. The fraction of sp³-hybridized carbons (Fsp3) is 0.333. The molecule has 2 heterocycles. The maximum Gasteiger partial charge on any atom is 0.408 e. The van der Waals surface area contributed by atoms with Gasteiger partial charge in [0.05, 0.1) is 13.2 Å². The molecule has 3 atom stereocenters. The number of nitrogens with one attached hydrogen (secondary N) is 2. The van der Waals surface area contributed by atoms with Crippen molar-refractivity contribution in [3.63, 3.8) is 0 Å². The minimum absolute atomic E-state index is 0.152. The molecule has 2 aliphatic rings. The van der Waals surface area contributed by atoms with E-state index in [4.69, 9.17) is 4.74 Å². The lowest BCUT2D eigenvalue weighted by molar-refractivity contribution is -0.171. The Kier molecular flexibility index (Phi) is 5.40. The Morgan fingerprint density at radius 1 is 1.13 bits per heavy atom. The van der Waals surface area contributed by atoms with Crippen molar-refractivity contribution in [1.82, 2.24) is 10.6 Å². The molecule has 0 saturated carbocycles. The van der Waals surface area contributed by atoms with Gasteiger partial charge in [0.2, 0.25) is 11.8 Å². The van der Waals surface area contributed by atoms with Gasteiger partial charge in [0.1, 0.15) is 17.7 Å². The van der Waals surface area contributed by atoms with Crippen LogP contribution in [0, 0.1) is 5.92 Å². The lowest BCUT2D eigenvalue weighted by atomic mass is 9.91. The van der Waals surface area contributed by atoms with E-state index in [-0.39, 0.29) is 12.8 Å². The summed E-state index contributed by atoms with van der Waals surface area (Å²) in [4.78, 5) is 27.0. The zero-order valence-electron chi connectivity index (χ0n) is 16.0. The van der Waals surface area contributed by atoms with Crippen molar-refractivity contribution < 1.29 is 27.5 Å². The zero-order valence-corrected chi connectivity index (χ0v) is 16.8. The fourth-order valence-corrected chi connectivity index (χ4v) is 4.94. The highest BCUT2D eigenvalue weighted by Crippen LogP contribution is 2.46. The van der Waals surface area contributed by atoms with Crippen LogP contribution in [0.3, 0.4) is 0 Å². The molecule has 2 amide bonds. The molecule has 0 spiro atoms. The van der Waals surface area contributed by atoms with E-state index in [1.54, 1.807) is 24.9 Å². The van der Waals surface area contributed by atoms with Gasteiger partial charge in [-0.05, 0) is 42.2 Å². The quantitative estimate of drug-likeness (QED) is 0.718. The highest BCUT2D eigenvalue weighted by atomic mass is 32.2. The summed E-state index contributed by atoms with van der Waals surface area (Å²) in [5.41, 5.74) is 1.72. The molecule has 9 heteroatoms. The van der Waals surface area contributed by atoms with Gasteiger partial charge >= 0.3 is 6.18 Å². The lowest BCUT2D eigenvalue weighted by Gasteiger charge is -2.32. The Morgan fingerprint density at radius 3 is 2.57 bits per heavy atom. The van der Waals surface area contributed by atoms with Crippen LogP contribution in [0.15, 0.2) is 52.3 Å². The van der Waals surface area contributed by atoms with Crippen LogP contribution in [0.2, 0.25) is 0 Å². The smallest absolute Gasteiger partial charge is 0.408 e. The summed E-state index contributed by atoms with van der Waals surface area (Å²) in [6.07, 6.45) is -4.99. The number of hydrogen-bond donors (Lipinski definition) is 2. The maximum atomic E-state index is 12.9. The van der Waals surface area contributed by atoms with Gasteiger partial charge in [-0.1, -0.05) is 36.0 Å². The number of fused-ring (bicyclic) bond motifs is 2. The van der Waals surface area contributed by atoms with Crippen LogP contribution in [0.25, 0.3) is 0 Å². The Balaban J connectivity index is 1.59. The molecule has 0 bridgehead atoms. The van der Waals surface area contributed by atoms with Crippen molar-refractivity contribution in [3.8, 4) is 5.75 Å². The number of methoxy groups -OCH3 is 1. The average molecular weight is 436 g/mol. The minimum atomic E-state index is -4.52. The molecule has 2 aromatic carbocycles. The summed E-state index contributed by atoms with van der Waals surface area (Å²) in [7, 11) is 1.57. The Hall–Kier alpha value is -2.68. The second-order valence-electron chi connectivity index (χ2n) is 7.22. The van der Waals surface area contributed by atoms with Crippen LogP contribution < -0.4 is 15.4 Å². The van der Waals surface area contributed by atoms with E-state index in [2.05, 4.69) is 5.32 Å². The number of alkyl halides is 3. The Morgan fingerprint density at radius 2 is 1.87 bits per heavy atom. The largest absolute Gasteiger partial charge is 0.497 e. The number of carbonyl (C=O) groups excluding carboxylic acids is 2. The first-order valence-electron chi connectivity index (χ1n) is 9.40. The van der Waals surface area contributed by atoms with E-state index < -0.39 is 36.0 Å². The summed E-state index contributed by atoms with van der Waals surface area (Å²) in [5, 5.41) is 4.82. The zero-order chi connectivity index (χ0) is 21.5. The monoisotopic (exact) mass is 436 g/mol. The first-order valence-corrected chi connectivity index (χ1v) is 10.2. The number of carbonyl (C=O) groups is 2. The van der Waals surface area contributed by atoms with Gasteiger partial charge in [-0.15, -0.1) is 0 Å². The number of piperidine rings is 1.